The van der Waals surface area contributed by atoms with Crippen LogP contribution in [0.3, 0.4) is 0 Å². The average Bonchev–Trinajstić information content (AvgIpc) is 2.97. The first-order chi connectivity index (χ1) is 10.5. The van der Waals surface area contributed by atoms with Crippen LogP contribution in [0.25, 0.3) is 22.5 Å². The maximum atomic E-state index is 12.7. The zero-order valence-corrected chi connectivity index (χ0v) is 11.8. The summed E-state index contributed by atoms with van der Waals surface area (Å²) in [7, 11) is 0. The van der Waals surface area contributed by atoms with E-state index in [0.717, 1.165) is 0 Å². The highest BCUT2D eigenvalue weighted by Gasteiger charge is 2.14. The molecule has 0 saturated carbocycles. The van der Waals surface area contributed by atoms with Crippen molar-refractivity contribution in [1.29, 1.82) is 0 Å². The van der Waals surface area contributed by atoms with Crippen LogP contribution in [0.2, 0.25) is 5.02 Å². The van der Waals surface area contributed by atoms with E-state index < -0.39 is 6.55 Å². The number of hydrogen-bond donors (Lipinski definition) is 1. The summed E-state index contributed by atoms with van der Waals surface area (Å²) in [5.41, 5.74) is 1.27. The van der Waals surface area contributed by atoms with Gasteiger partial charge in [-0.05, 0) is 17.7 Å². The molecule has 0 atom stereocenters. The van der Waals surface area contributed by atoms with Crippen molar-refractivity contribution in [1.82, 2.24) is 19.7 Å². The van der Waals surface area contributed by atoms with E-state index in [0.29, 0.717) is 32.2 Å². The van der Waals surface area contributed by atoms with Gasteiger partial charge in [-0.25, -0.2) is 9.67 Å². The Balaban J connectivity index is 2.17. The fourth-order valence-corrected chi connectivity index (χ4v) is 2.23. The van der Waals surface area contributed by atoms with E-state index in [9.17, 15) is 13.6 Å². The highest BCUT2D eigenvalue weighted by Crippen LogP contribution is 2.32. The lowest BCUT2D eigenvalue weighted by Crippen LogP contribution is -2.06. The maximum absolute atomic E-state index is 12.7. The lowest BCUT2D eigenvalue weighted by molar-refractivity contribution is 0.0566. The van der Waals surface area contributed by atoms with E-state index in [1.54, 1.807) is 18.2 Å². The molecule has 3 rings (SSSR count). The van der Waals surface area contributed by atoms with Gasteiger partial charge >= 0.3 is 6.55 Å². The minimum atomic E-state index is -2.72. The van der Waals surface area contributed by atoms with Crippen LogP contribution in [0.1, 0.15) is 6.55 Å². The number of hydrogen-bond acceptors (Lipinski definition) is 3. The molecule has 0 amide bonds. The number of nitrogens with one attached hydrogen (secondary N) is 1. The molecule has 1 N–H and O–H groups in total. The van der Waals surface area contributed by atoms with Crippen molar-refractivity contribution in [2.45, 2.75) is 6.55 Å². The van der Waals surface area contributed by atoms with Gasteiger partial charge in [0.25, 0.3) is 5.56 Å². The second kappa shape index (κ2) is 5.69. The molecule has 0 radical (unpaired) electrons. The Morgan fingerprint density at radius 2 is 2.05 bits per heavy atom. The minimum absolute atomic E-state index is 0.301. The number of aromatic amines is 1. The largest absolute Gasteiger partial charge is 0.333 e. The van der Waals surface area contributed by atoms with Crippen LogP contribution in [0.15, 0.2) is 47.7 Å². The third-order valence-corrected chi connectivity index (χ3v) is 3.26. The van der Waals surface area contributed by atoms with Crippen LogP contribution in [0.5, 0.6) is 0 Å². The molecule has 0 unspecified atom stereocenters. The van der Waals surface area contributed by atoms with E-state index in [2.05, 4.69) is 15.1 Å². The molecule has 0 fully saturated rings. The Bertz CT molecular complexity index is 875. The molecule has 0 spiro atoms. The summed E-state index contributed by atoms with van der Waals surface area (Å²) in [4.78, 5) is 18.1. The molecule has 0 aliphatic heterocycles. The highest BCUT2D eigenvalue weighted by molar-refractivity contribution is 6.31. The SMILES string of the molecule is O=c1ccnc(-c2cc(Cl)ccc2-c2cnn(C(F)F)c2)[nH]1. The lowest BCUT2D eigenvalue weighted by atomic mass is 10.0. The first kappa shape index (κ1) is 14.4. The minimum Gasteiger partial charge on any atom is -0.307 e. The van der Waals surface area contributed by atoms with Crippen LogP contribution in [-0.2, 0) is 0 Å². The monoisotopic (exact) mass is 322 g/mol. The number of benzene rings is 1. The van der Waals surface area contributed by atoms with Crippen LogP contribution < -0.4 is 5.56 Å². The second-order valence-corrected chi connectivity index (χ2v) is 4.90. The van der Waals surface area contributed by atoms with Gasteiger partial charge in [-0.3, -0.25) is 4.79 Å². The average molecular weight is 323 g/mol. The van der Waals surface area contributed by atoms with E-state index in [1.165, 1.54) is 24.7 Å². The van der Waals surface area contributed by atoms with Crippen LogP contribution >= 0.6 is 11.6 Å². The Morgan fingerprint density at radius 3 is 2.73 bits per heavy atom. The molecule has 0 saturated heterocycles. The molecule has 2 aromatic heterocycles. The number of H-pyrrole nitrogens is 1. The first-order valence-electron chi connectivity index (χ1n) is 6.22. The van der Waals surface area contributed by atoms with Gasteiger partial charge < -0.3 is 4.98 Å². The predicted molar refractivity (Wildman–Crippen MR) is 77.8 cm³/mol. The molecule has 2 heterocycles. The molecule has 22 heavy (non-hydrogen) atoms. The second-order valence-electron chi connectivity index (χ2n) is 4.46. The topological polar surface area (TPSA) is 63.6 Å². The summed E-state index contributed by atoms with van der Waals surface area (Å²) in [6, 6.07) is 6.18. The van der Waals surface area contributed by atoms with E-state index in [-0.39, 0.29) is 5.56 Å². The fourth-order valence-electron chi connectivity index (χ4n) is 2.05. The summed E-state index contributed by atoms with van der Waals surface area (Å²) < 4.78 is 25.9. The molecule has 112 valence electrons. The quantitative estimate of drug-likeness (QED) is 0.804. The number of alkyl halides is 2. The van der Waals surface area contributed by atoms with Crippen molar-refractivity contribution in [3.8, 4) is 22.5 Å². The number of halogens is 3. The number of rotatable bonds is 3. The van der Waals surface area contributed by atoms with Gasteiger partial charge in [-0.2, -0.15) is 13.9 Å². The Morgan fingerprint density at radius 1 is 1.23 bits per heavy atom. The van der Waals surface area contributed by atoms with Crippen molar-refractivity contribution in [3.05, 3.63) is 58.2 Å². The zero-order chi connectivity index (χ0) is 15.7. The number of nitrogens with zero attached hydrogens (tertiary/aromatic N) is 3. The standard InChI is InChI=1S/C14H9ClF2N4O/c15-9-1-2-10(8-6-19-21(7-8)14(16)17)11(5-9)13-18-4-3-12(22)20-13/h1-7,14H,(H,18,20,22). The molecule has 1 aromatic carbocycles. The molecule has 0 bridgehead atoms. The zero-order valence-electron chi connectivity index (χ0n) is 11.0. The first-order valence-corrected chi connectivity index (χ1v) is 6.60. The van der Waals surface area contributed by atoms with Gasteiger partial charge in [0.15, 0.2) is 0 Å². The Kier molecular flexibility index (Phi) is 3.72. The summed E-state index contributed by atoms with van der Waals surface area (Å²) in [5.74, 6) is 0.301. The van der Waals surface area contributed by atoms with E-state index >= 15 is 0 Å². The van der Waals surface area contributed by atoms with Crippen molar-refractivity contribution < 1.29 is 8.78 Å². The van der Waals surface area contributed by atoms with Crippen LogP contribution in [0.4, 0.5) is 8.78 Å². The summed E-state index contributed by atoms with van der Waals surface area (Å²) in [5, 5.41) is 4.04. The van der Waals surface area contributed by atoms with Crippen molar-refractivity contribution in [3.63, 3.8) is 0 Å². The Hall–Kier alpha value is -2.54. The fraction of sp³-hybridized carbons (Fsp3) is 0.0714. The van der Waals surface area contributed by atoms with Gasteiger partial charge in [0.2, 0.25) is 0 Å². The van der Waals surface area contributed by atoms with Gasteiger partial charge in [0.05, 0.1) is 6.20 Å². The van der Waals surface area contributed by atoms with Crippen molar-refractivity contribution in [2.24, 2.45) is 0 Å². The van der Waals surface area contributed by atoms with E-state index in [4.69, 9.17) is 11.6 Å². The summed E-state index contributed by atoms with van der Waals surface area (Å²) in [6.45, 7) is -2.72. The maximum Gasteiger partial charge on any atom is 0.333 e. The molecule has 8 heteroatoms. The normalized spacial score (nSPS) is 11.1. The molecule has 3 aromatic rings. The van der Waals surface area contributed by atoms with Gasteiger partial charge in [-0.15, -0.1) is 0 Å². The van der Waals surface area contributed by atoms with Crippen LogP contribution in [-0.4, -0.2) is 19.7 Å². The van der Waals surface area contributed by atoms with E-state index in [1.807, 2.05) is 0 Å². The van der Waals surface area contributed by atoms with Gasteiger partial charge in [0.1, 0.15) is 5.82 Å². The van der Waals surface area contributed by atoms with Crippen molar-refractivity contribution in [2.75, 3.05) is 0 Å². The highest BCUT2D eigenvalue weighted by atomic mass is 35.5. The lowest BCUT2D eigenvalue weighted by Gasteiger charge is -2.07. The van der Waals surface area contributed by atoms with Gasteiger partial charge in [0, 0.05) is 34.6 Å². The third kappa shape index (κ3) is 2.75. The Labute approximate surface area is 128 Å². The molecular weight excluding hydrogens is 314 g/mol. The molecule has 0 aliphatic carbocycles. The molecule has 0 aliphatic rings. The van der Waals surface area contributed by atoms with Gasteiger partial charge in [-0.1, -0.05) is 17.7 Å². The van der Waals surface area contributed by atoms with Crippen LogP contribution in [0, 0.1) is 0 Å². The summed E-state index contributed by atoms with van der Waals surface area (Å²) in [6.07, 6.45) is 3.90. The number of aromatic nitrogens is 4. The summed E-state index contributed by atoms with van der Waals surface area (Å²) >= 11 is 5.99. The van der Waals surface area contributed by atoms with Crippen molar-refractivity contribution >= 4 is 11.6 Å². The third-order valence-electron chi connectivity index (χ3n) is 3.02. The molecular formula is C14H9ClF2N4O. The molecule has 5 nitrogen and oxygen atoms in total. The predicted octanol–water partition coefficient (Wildman–Crippen LogP) is 3.35. The smallest absolute Gasteiger partial charge is 0.307 e.